The molecule has 0 amide bonds. The van der Waals surface area contributed by atoms with E-state index in [1.54, 1.807) is 0 Å². The molecule has 2 aliphatic rings. The fourth-order valence-electron chi connectivity index (χ4n) is 1.46. The molecule has 10 heavy (non-hydrogen) atoms. The Balaban J connectivity index is 1.96. The first-order valence-corrected chi connectivity index (χ1v) is 5.12. The maximum absolute atomic E-state index is 4.38. The zero-order chi connectivity index (χ0) is 7.57. The summed E-state index contributed by atoms with van der Waals surface area (Å²) in [6.07, 6.45) is 2.24. The van der Waals surface area contributed by atoms with Gasteiger partial charge >= 0.3 is 0 Å². The summed E-state index contributed by atoms with van der Waals surface area (Å²) in [5.41, 5.74) is 0. The molecule has 2 aliphatic carbocycles. The van der Waals surface area contributed by atoms with Crippen molar-refractivity contribution in [3.8, 4) is 0 Å². The first-order chi connectivity index (χ1) is 4.43. The largest absolute Gasteiger partial charge is 0.162 e. The Bertz CT molecular complexity index is 155. The number of hydrogen-bond donors (Lipinski definition) is 4. The molecule has 2 saturated carbocycles. The van der Waals surface area contributed by atoms with E-state index in [0.717, 1.165) is 12.8 Å². The van der Waals surface area contributed by atoms with E-state index < -0.39 is 0 Å². The molecule has 0 aromatic heterocycles. The molecule has 0 N–H and O–H groups in total. The smallest absolute Gasteiger partial charge is 0.0587 e. The van der Waals surface area contributed by atoms with Gasteiger partial charge in [-0.25, -0.2) is 0 Å². The van der Waals surface area contributed by atoms with E-state index in [4.69, 9.17) is 0 Å². The molecule has 2 fully saturated rings. The Morgan fingerprint density at radius 3 is 1.10 bits per heavy atom. The van der Waals surface area contributed by atoms with Crippen molar-refractivity contribution < 1.29 is 0 Å². The highest BCUT2D eigenvalue weighted by Crippen LogP contribution is 2.69. The Kier molecular flexibility index (Phi) is 1.61. The lowest BCUT2D eigenvalue weighted by atomic mass is 10.3. The van der Waals surface area contributed by atoms with Crippen LogP contribution in [0.2, 0.25) is 0 Å². The number of thiol groups is 4. The van der Waals surface area contributed by atoms with Gasteiger partial charge in [0.15, 0.2) is 0 Å². The summed E-state index contributed by atoms with van der Waals surface area (Å²) in [7, 11) is 0. The number of rotatable bonds is 1. The molecule has 0 nitrogen and oxygen atoms in total. The Hall–Kier alpha value is 1.40. The first kappa shape index (κ1) is 8.02. The minimum Gasteiger partial charge on any atom is -0.162 e. The van der Waals surface area contributed by atoms with Crippen molar-refractivity contribution in [2.75, 3.05) is 0 Å². The van der Waals surface area contributed by atoms with Crippen LogP contribution in [0.4, 0.5) is 0 Å². The van der Waals surface area contributed by atoms with Crippen LogP contribution in [0.25, 0.3) is 0 Å². The standard InChI is InChI=1S/C6H10S4/c7-5(8)1-3(5)4-2-6(4,9)10/h3-4,7-10H,1-2H2/t3-,4+. The minimum atomic E-state index is -0.00211. The van der Waals surface area contributed by atoms with E-state index in [9.17, 15) is 0 Å². The molecule has 0 aromatic carbocycles. The highest BCUT2D eigenvalue weighted by Gasteiger charge is 2.64. The predicted molar refractivity (Wildman–Crippen MR) is 57.6 cm³/mol. The topological polar surface area (TPSA) is 0 Å². The highest BCUT2D eigenvalue weighted by atomic mass is 32.2. The van der Waals surface area contributed by atoms with Gasteiger partial charge in [0.25, 0.3) is 0 Å². The highest BCUT2D eigenvalue weighted by molar-refractivity contribution is 8.01. The lowest BCUT2D eigenvalue weighted by molar-refractivity contribution is 0.710. The van der Waals surface area contributed by atoms with E-state index in [2.05, 4.69) is 50.5 Å². The van der Waals surface area contributed by atoms with Gasteiger partial charge in [-0.3, -0.25) is 0 Å². The Morgan fingerprint density at radius 2 is 1.00 bits per heavy atom. The van der Waals surface area contributed by atoms with Gasteiger partial charge in [0.1, 0.15) is 0 Å². The van der Waals surface area contributed by atoms with E-state index in [-0.39, 0.29) is 8.16 Å². The normalized spacial score (nSPS) is 46.8. The maximum Gasteiger partial charge on any atom is 0.0587 e. The number of hydrogen-bond acceptors (Lipinski definition) is 4. The van der Waals surface area contributed by atoms with E-state index in [0.29, 0.717) is 11.8 Å². The molecule has 0 aromatic rings. The van der Waals surface area contributed by atoms with Crippen LogP contribution < -0.4 is 0 Å². The van der Waals surface area contributed by atoms with Crippen LogP contribution in [0.5, 0.6) is 0 Å². The monoisotopic (exact) mass is 210 g/mol. The average molecular weight is 210 g/mol. The molecule has 0 heterocycles. The lowest BCUT2D eigenvalue weighted by Gasteiger charge is -2.01. The summed E-state index contributed by atoms with van der Waals surface area (Å²) in [4.78, 5) is 0. The third-order valence-corrected chi connectivity index (χ3v) is 4.45. The summed E-state index contributed by atoms with van der Waals surface area (Å²) < 4.78 is -0.00421. The summed E-state index contributed by atoms with van der Waals surface area (Å²) in [5, 5.41) is 0. The van der Waals surface area contributed by atoms with Crippen LogP contribution in [0.3, 0.4) is 0 Å². The second-order valence-corrected chi connectivity index (χ2v) is 7.28. The molecule has 0 bridgehead atoms. The summed E-state index contributed by atoms with van der Waals surface area (Å²) in [6.45, 7) is 0. The quantitative estimate of drug-likeness (QED) is 0.370. The van der Waals surface area contributed by atoms with Crippen LogP contribution in [0.15, 0.2) is 0 Å². The van der Waals surface area contributed by atoms with Crippen molar-refractivity contribution >= 4 is 50.5 Å². The molecule has 0 aliphatic heterocycles. The van der Waals surface area contributed by atoms with Gasteiger partial charge < -0.3 is 0 Å². The molecule has 58 valence electrons. The fourth-order valence-corrected chi connectivity index (χ4v) is 2.96. The summed E-state index contributed by atoms with van der Waals surface area (Å²) >= 11 is 17.5. The van der Waals surface area contributed by atoms with Crippen LogP contribution in [0.1, 0.15) is 12.8 Å². The minimum absolute atomic E-state index is 0.00211. The van der Waals surface area contributed by atoms with Gasteiger partial charge in [0.2, 0.25) is 0 Å². The average Bonchev–Trinajstić information content (AvgIpc) is 2.49. The van der Waals surface area contributed by atoms with Crippen molar-refractivity contribution in [3.63, 3.8) is 0 Å². The molecule has 2 rings (SSSR count). The molecule has 0 saturated heterocycles. The molecular weight excluding hydrogens is 200 g/mol. The van der Waals surface area contributed by atoms with E-state index in [1.165, 1.54) is 0 Å². The predicted octanol–water partition coefficient (Wildman–Crippen LogP) is 2.14. The van der Waals surface area contributed by atoms with E-state index >= 15 is 0 Å². The molecule has 0 spiro atoms. The molecule has 2 atom stereocenters. The van der Waals surface area contributed by atoms with Crippen molar-refractivity contribution in [2.45, 2.75) is 21.0 Å². The van der Waals surface area contributed by atoms with Gasteiger partial charge in [-0.15, -0.1) is 0 Å². The van der Waals surface area contributed by atoms with Gasteiger partial charge in [0, 0.05) is 0 Å². The van der Waals surface area contributed by atoms with Gasteiger partial charge in [-0.2, -0.15) is 50.5 Å². The first-order valence-electron chi connectivity index (χ1n) is 3.33. The zero-order valence-corrected chi connectivity index (χ0v) is 8.94. The van der Waals surface area contributed by atoms with Crippen molar-refractivity contribution in [3.05, 3.63) is 0 Å². The summed E-state index contributed by atoms with van der Waals surface area (Å²) in [5.74, 6) is 1.29. The second kappa shape index (κ2) is 2.01. The van der Waals surface area contributed by atoms with Crippen LogP contribution in [-0.4, -0.2) is 8.16 Å². The second-order valence-electron chi connectivity index (χ2n) is 3.38. The van der Waals surface area contributed by atoms with Crippen molar-refractivity contribution in [1.82, 2.24) is 0 Å². The van der Waals surface area contributed by atoms with Gasteiger partial charge in [-0.05, 0) is 24.7 Å². The molecular formula is C6H10S4. The third kappa shape index (κ3) is 1.21. The fraction of sp³-hybridized carbons (Fsp3) is 1.00. The molecule has 0 radical (unpaired) electrons. The van der Waals surface area contributed by atoms with Gasteiger partial charge in [-0.1, -0.05) is 0 Å². The van der Waals surface area contributed by atoms with Crippen LogP contribution >= 0.6 is 50.5 Å². The van der Waals surface area contributed by atoms with Gasteiger partial charge in [0.05, 0.1) is 8.16 Å². The Morgan fingerprint density at radius 1 is 0.800 bits per heavy atom. The summed E-state index contributed by atoms with van der Waals surface area (Å²) in [6, 6.07) is 0. The molecule has 4 heteroatoms. The third-order valence-electron chi connectivity index (χ3n) is 2.39. The van der Waals surface area contributed by atoms with Crippen LogP contribution in [-0.2, 0) is 0 Å². The molecule has 0 unspecified atom stereocenters. The van der Waals surface area contributed by atoms with E-state index in [1.807, 2.05) is 0 Å². The Labute approximate surface area is 83.2 Å². The maximum atomic E-state index is 4.38. The SMILES string of the molecule is SC1(S)C[C@@H]1[C@@H]1CC1(S)S. The lowest BCUT2D eigenvalue weighted by Crippen LogP contribution is -1.98. The van der Waals surface area contributed by atoms with Crippen LogP contribution in [0, 0.1) is 11.8 Å². The zero-order valence-electron chi connectivity index (χ0n) is 5.36. The van der Waals surface area contributed by atoms with Crippen molar-refractivity contribution in [1.29, 1.82) is 0 Å². The van der Waals surface area contributed by atoms with Crippen molar-refractivity contribution in [2.24, 2.45) is 11.8 Å².